The molecule has 0 aliphatic carbocycles. The van der Waals surface area contributed by atoms with Crippen LogP contribution < -0.4 is 10.2 Å². The monoisotopic (exact) mass is 481 g/mol. The van der Waals surface area contributed by atoms with E-state index in [0.717, 1.165) is 5.82 Å². The molecule has 9 nitrogen and oxygen atoms in total. The fourth-order valence-corrected chi connectivity index (χ4v) is 5.52. The zero-order valence-corrected chi connectivity index (χ0v) is 20.2. The number of nitrogens with zero attached hydrogens (tertiary/aromatic N) is 4. The van der Waals surface area contributed by atoms with Gasteiger partial charge in [-0.15, -0.1) is 0 Å². The molecule has 4 rings (SSSR count). The van der Waals surface area contributed by atoms with Crippen LogP contribution in [0.4, 0.5) is 11.5 Å². The second kappa shape index (κ2) is 9.78. The van der Waals surface area contributed by atoms with Crippen molar-refractivity contribution in [1.82, 2.24) is 14.4 Å². The summed E-state index contributed by atoms with van der Waals surface area (Å²) in [5, 5.41) is 6.59. The molecule has 1 amide bonds. The second-order valence-electron chi connectivity index (χ2n) is 8.13. The lowest BCUT2D eigenvalue weighted by Crippen LogP contribution is -2.49. The Morgan fingerprint density at radius 2 is 1.85 bits per heavy atom. The summed E-state index contributed by atoms with van der Waals surface area (Å²) in [6, 6.07) is 11.0. The third-order valence-electron chi connectivity index (χ3n) is 5.66. The molecule has 1 fully saturated rings. The van der Waals surface area contributed by atoms with E-state index in [9.17, 15) is 13.2 Å². The van der Waals surface area contributed by atoms with Gasteiger partial charge in [0.1, 0.15) is 17.2 Å². The number of hydrogen-bond donors (Lipinski definition) is 1. The Kier molecular flexibility index (Phi) is 6.80. The minimum atomic E-state index is -3.66. The largest absolute Gasteiger partial charge is 0.354 e. The van der Waals surface area contributed by atoms with E-state index in [1.807, 2.05) is 24.3 Å². The molecule has 3 heterocycles. The molecule has 1 aromatic carbocycles. The molecule has 1 saturated heterocycles. The van der Waals surface area contributed by atoms with Gasteiger partial charge in [-0.05, 0) is 49.2 Å². The van der Waals surface area contributed by atoms with Crippen LogP contribution in [0.1, 0.15) is 29.5 Å². The standard InChI is InChI=1S/C24H27N5O4S/c1-17-7-8-20(9-10-21-24(26-19(3)30)18(2)27-33-21)16-22(17)34(31,32)29-14-12-28(13-15-29)23-6-4-5-11-25-23/h4-11,16H,12-15H2,1-3H3,(H,26,30). The van der Waals surface area contributed by atoms with Crippen LogP contribution in [0.5, 0.6) is 0 Å². The molecular weight excluding hydrogens is 454 g/mol. The Labute approximate surface area is 199 Å². The van der Waals surface area contributed by atoms with Crippen molar-refractivity contribution in [3.63, 3.8) is 0 Å². The van der Waals surface area contributed by atoms with Gasteiger partial charge >= 0.3 is 0 Å². The molecule has 3 aromatic rings. The number of aryl methyl sites for hydroxylation is 2. The minimum Gasteiger partial charge on any atom is -0.354 e. The molecule has 2 aromatic heterocycles. The highest BCUT2D eigenvalue weighted by molar-refractivity contribution is 7.89. The highest BCUT2D eigenvalue weighted by Gasteiger charge is 2.30. The SMILES string of the molecule is CC(=O)Nc1c(C)noc1C=Cc1ccc(C)c(S(=O)(=O)N2CCN(c3ccccn3)CC2)c1. The zero-order chi connectivity index (χ0) is 24.3. The van der Waals surface area contributed by atoms with E-state index in [1.54, 1.807) is 44.3 Å². The van der Waals surface area contributed by atoms with Crippen molar-refractivity contribution in [2.24, 2.45) is 0 Å². The van der Waals surface area contributed by atoms with Gasteiger partial charge in [0, 0.05) is 39.3 Å². The summed E-state index contributed by atoms with van der Waals surface area (Å²) in [6.07, 6.45) is 5.14. The molecule has 0 unspecified atom stereocenters. The van der Waals surface area contributed by atoms with Gasteiger partial charge in [0.15, 0.2) is 5.76 Å². The first-order valence-corrected chi connectivity index (χ1v) is 12.4. The van der Waals surface area contributed by atoms with Gasteiger partial charge in [0.2, 0.25) is 15.9 Å². The van der Waals surface area contributed by atoms with Crippen molar-refractivity contribution in [2.75, 3.05) is 36.4 Å². The van der Waals surface area contributed by atoms with Crippen LogP contribution >= 0.6 is 0 Å². The summed E-state index contributed by atoms with van der Waals surface area (Å²) >= 11 is 0. The fourth-order valence-electron chi connectivity index (χ4n) is 3.84. The van der Waals surface area contributed by atoms with Crippen LogP contribution in [0.2, 0.25) is 0 Å². The molecule has 10 heteroatoms. The van der Waals surface area contributed by atoms with Crippen molar-refractivity contribution in [2.45, 2.75) is 25.7 Å². The van der Waals surface area contributed by atoms with Gasteiger partial charge in [-0.3, -0.25) is 4.79 Å². The quantitative estimate of drug-likeness (QED) is 0.575. The maximum atomic E-state index is 13.4. The van der Waals surface area contributed by atoms with E-state index in [-0.39, 0.29) is 10.8 Å². The minimum absolute atomic E-state index is 0.229. The summed E-state index contributed by atoms with van der Waals surface area (Å²) in [6.45, 7) is 6.85. The number of benzene rings is 1. The van der Waals surface area contributed by atoms with Crippen molar-refractivity contribution in [3.05, 3.63) is 65.2 Å². The van der Waals surface area contributed by atoms with Gasteiger partial charge < -0.3 is 14.7 Å². The first kappa shape index (κ1) is 23.7. The van der Waals surface area contributed by atoms with E-state index < -0.39 is 10.0 Å². The Morgan fingerprint density at radius 3 is 2.53 bits per heavy atom. The first-order valence-electron chi connectivity index (χ1n) is 10.9. The summed E-state index contributed by atoms with van der Waals surface area (Å²) in [7, 11) is -3.66. The van der Waals surface area contributed by atoms with Gasteiger partial charge in [-0.1, -0.05) is 29.4 Å². The van der Waals surface area contributed by atoms with E-state index in [4.69, 9.17) is 4.52 Å². The lowest BCUT2D eigenvalue weighted by Gasteiger charge is -2.34. The van der Waals surface area contributed by atoms with Crippen molar-refractivity contribution in [3.8, 4) is 0 Å². The number of aromatic nitrogens is 2. The number of amides is 1. The molecule has 0 radical (unpaired) electrons. The van der Waals surface area contributed by atoms with E-state index in [0.29, 0.717) is 54.4 Å². The highest BCUT2D eigenvalue weighted by atomic mass is 32.2. The number of carbonyl (C=O) groups is 1. The van der Waals surface area contributed by atoms with Crippen LogP contribution in [0.25, 0.3) is 12.2 Å². The summed E-state index contributed by atoms with van der Waals surface area (Å²) in [4.78, 5) is 18.2. The average Bonchev–Trinajstić information content (AvgIpc) is 3.17. The van der Waals surface area contributed by atoms with Gasteiger partial charge in [-0.2, -0.15) is 4.31 Å². The predicted octanol–water partition coefficient (Wildman–Crippen LogP) is 3.33. The van der Waals surface area contributed by atoms with Crippen LogP contribution in [-0.2, 0) is 14.8 Å². The lowest BCUT2D eigenvalue weighted by molar-refractivity contribution is -0.114. The predicted molar refractivity (Wildman–Crippen MR) is 131 cm³/mol. The second-order valence-corrected chi connectivity index (χ2v) is 10.0. The maximum Gasteiger partial charge on any atom is 0.243 e. The summed E-state index contributed by atoms with van der Waals surface area (Å²) in [5.41, 5.74) is 2.43. The molecule has 1 aliphatic heterocycles. The Bertz CT molecular complexity index is 1310. The maximum absolute atomic E-state index is 13.4. The van der Waals surface area contributed by atoms with Crippen LogP contribution in [-0.4, -0.2) is 54.9 Å². The Balaban J connectivity index is 1.53. The normalized spacial score (nSPS) is 15.1. The molecular formula is C24H27N5O4S. The Hall–Kier alpha value is -3.50. The van der Waals surface area contributed by atoms with E-state index in [1.165, 1.54) is 11.2 Å². The van der Waals surface area contributed by atoms with Crippen LogP contribution in [0.3, 0.4) is 0 Å². The van der Waals surface area contributed by atoms with Crippen molar-refractivity contribution in [1.29, 1.82) is 0 Å². The number of piperazine rings is 1. The summed E-state index contributed by atoms with van der Waals surface area (Å²) < 4.78 is 33.7. The number of anilines is 2. The van der Waals surface area contributed by atoms with Gasteiger partial charge in [0.05, 0.1) is 4.90 Å². The molecule has 0 bridgehead atoms. The fraction of sp³-hybridized carbons (Fsp3) is 0.292. The molecule has 1 N–H and O–H groups in total. The highest BCUT2D eigenvalue weighted by Crippen LogP contribution is 2.26. The van der Waals surface area contributed by atoms with Gasteiger partial charge in [-0.25, -0.2) is 13.4 Å². The van der Waals surface area contributed by atoms with Crippen molar-refractivity contribution >= 4 is 39.6 Å². The Morgan fingerprint density at radius 1 is 1.09 bits per heavy atom. The third kappa shape index (κ3) is 5.02. The zero-order valence-electron chi connectivity index (χ0n) is 19.4. The summed E-state index contributed by atoms with van der Waals surface area (Å²) in [5.74, 6) is 1.01. The van der Waals surface area contributed by atoms with Crippen LogP contribution in [0, 0.1) is 13.8 Å². The number of hydrogen-bond acceptors (Lipinski definition) is 7. The number of sulfonamides is 1. The molecule has 1 aliphatic rings. The van der Waals surface area contributed by atoms with Crippen LogP contribution in [0.15, 0.2) is 52.0 Å². The number of carbonyl (C=O) groups excluding carboxylic acids is 1. The lowest BCUT2D eigenvalue weighted by atomic mass is 10.1. The number of pyridine rings is 1. The van der Waals surface area contributed by atoms with Crippen molar-refractivity contribution < 1.29 is 17.7 Å². The topological polar surface area (TPSA) is 109 Å². The third-order valence-corrected chi connectivity index (χ3v) is 7.70. The van der Waals surface area contributed by atoms with E-state index >= 15 is 0 Å². The smallest absolute Gasteiger partial charge is 0.243 e. The molecule has 34 heavy (non-hydrogen) atoms. The number of nitrogens with one attached hydrogen (secondary N) is 1. The first-order chi connectivity index (χ1) is 16.3. The molecule has 0 atom stereocenters. The number of rotatable bonds is 6. The van der Waals surface area contributed by atoms with E-state index in [2.05, 4.69) is 20.4 Å². The molecule has 0 spiro atoms. The van der Waals surface area contributed by atoms with Gasteiger partial charge in [0.25, 0.3) is 0 Å². The molecule has 0 saturated carbocycles. The average molecular weight is 482 g/mol. The molecule has 178 valence electrons.